The lowest BCUT2D eigenvalue weighted by atomic mass is 9.56. The largest absolute Gasteiger partial charge is 0.490 e. The number of fused-ring (bicyclic) bond motifs is 3. The Morgan fingerprint density at radius 1 is 1.08 bits per heavy atom. The summed E-state index contributed by atoms with van der Waals surface area (Å²) in [7, 11) is -6.39. The van der Waals surface area contributed by atoms with Gasteiger partial charge in [-0.05, 0) is 85.6 Å². The molecule has 0 radical (unpaired) electrons. The number of aliphatic hydroxyl groups excluding tert-OH is 1. The van der Waals surface area contributed by atoms with Crippen LogP contribution in [0.3, 0.4) is 0 Å². The SMILES string of the molecule is CC(C)(C)[Si](C)(C)OCC[C@@]1(CCO)CCC[C@@]2(S(=O)(=O)c3ccc(Cl)cc3)c3c(F)ccc(F)c3OC[C@@H]12. The van der Waals surface area contributed by atoms with Crippen molar-refractivity contribution in [1.82, 2.24) is 0 Å². The van der Waals surface area contributed by atoms with Gasteiger partial charge in [0.25, 0.3) is 0 Å². The van der Waals surface area contributed by atoms with Crippen LogP contribution in [0, 0.1) is 23.0 Å². The number of sulfone groups is 1. The Labute approximate surface area is 236 Å². The number of ether oxygens (including phenoxy) is 1. The number of hydrogen-bond donors (Lipinski definition) is 1. The molecule has 1 aliphatic carbocycles. The van der Waals surface area contributed by atoms with Gasteiger partial charge in [-0.1, -0.05) is 38.8 Å². The molecule has 0 spiro atoms. The molecule has 0 unspecified atom stereocenters. The highest BCUT2D eigenvalue weighted by Crippen LogP contribution is 2.63. The molecule has 1 heterocycles. The van der Waals surface area contributed by atoms with Crippen molar-refractivity contribution >= 4 is 29.8 Å². The first-order valence-corrected chi connectivity index (χ1v) is 18.3. The summed E-state index contributed by atoms with van der Waals surface area (Å²) in [6.45, 7) is 10.8. The lowest BCUT2D eigenvalue weighted by Crippen LogP contribution is -2.59. The second kappa shape index (κ2) is 10.7. The fourth-order valence-electron chi connectivity index (χ4n) is 6.34. The molecule has 1 N–H and O–H groups in total. The van der Waals surface area contributed by atoms with E-state index >= 15 is 8.78 Å². The summed E-state index contributed by atoms with van der Waals surface area (Å²) in [6.07, 6.45) is 1.95. The minimum absolute atomic E-state index is 0.00858. The van der Waals surface area contributed by atoms with Gasteiger partial charge in [0.1, 0.15) is 10.6 Å². The summed E-state index contributed by atoms with van der Waals surface area (Å²) >= 11 is 6.06. The molecule has 0 aromatic heterocycles. The van der Waals surface area contributed by atoms with E-state index in [1.807, 2.05) is 0 Å². The highest BCUT2D eigenvalue weighted by atomic mass is 35.5. The predicted molar refractivity (Wildman–Crippen MR) is 151 cm³/mol. The van der Waals surface area contributed by atoms with E-state index in [-0.39, 0.29) is 40.9 Å². The van der Waals surface area contributed by atoms with Crippen LogP contribution in [-0.2, 0) is 19.0 Å². The Hall–Kier alpha value is -1.52. The third kappa shape index (κ3) is 5.07. The van der Waals surface area contributed by atoms with Crippen molar-refractivity contribution in [3.63, 3.8) is 0 Å². The smallest absolute Gasteiger partial charge is 0.191 e. The molecule has 0 amide bonds. The first-order chi connectivity index (χ1) is 18.1. The van der Waals surface area contributed by atoms with E-state index in [0.717, 1.165) is 12.1 Å². The van der Waals surface area contributed by atoms with Crippen LogP contribution in [-0.4, -0.2) is 41.7 Å². The third-order valence-electron chi connectivity index (χ3n) is 9.48. The van der Waals surface area contributed by atoms with E-state index in [2.05, 4.69) is 33.9 Å². The van der Waals surface area contributed by atoms with Gasteiger partial charge in [-0.15, -0.1) is 0 Å². The number of hydrogen-bond acceptors (Lipinski definition) is 5. The maximum atomic E-state index is 15.8. The topological polar surface area (TPSA) is 72.8 Å². The molecule has 0 saturated heterocycles. The van der Waals surface area contributed by atoms with Crippen molar-refractivity contribution in [2.45, 2.75) is 80.7 Å². The number of rotatable bonds is 8. The van der Waals surface area contributed by atoms with E-state index in [0.29, 0.717) is 37.3 Å². The van der Waals surface area contributed by atoms with Gasteiger partial charge in [-0.3, -0.25) is 0 Å². The zero-order valence-electron chi connectivity index (χ0n) is 23.3. The first-order valence-electron chi connectivity index (χ1n) is 13.5. The fourth-order valence-corrected chi connectivity index (χ4v) is 10.00. The summed E-state index contributed by atoms with van der Waals surface area (Å²) in [6, 6.07) is 7.74. The van der Waals surface area contributed by atoms with Crippen LogP contribution in [0.15, 0.2) is 41.3 Å². The molecular weight excluding hydrogens is 562 g/mol. The molecule has 1 fully saturated rings. The summed E-state index contributed by atoms with van der Waals surface area (Å²) in [5.41, 5.74) is -0.980. The average molecular weight is 601 g/mol. The van der Waals surface area contributed by atoms with Gasteiger partial charge in [-0.2, -0.15) is 0 Å². The summed E-state index contributed by atoms with van der Waals surface area (Å²) in [5, 5.41) is 10.6. The normalized spacial score (nSPS) is 25.5. The Kier molecular flexibility index (Phi) is 8.36. The molecule has 1 saturated carbocycles. The second-order valence-electron chi connectivity index (χ2n) is 12.5. The monoisotopic (exact) mass is 600 g/mol. The van der Waals surface area contributed by atoms with Gasteiger partial charge in [0.2, 0.25) is 0 Å². The van der Waals surface area contributed by atoms with Crippen molar-refractivity contribution in [3.8, 4) is 5.75 Å². The van der Waals surface area contributed by atoms with Gasteiger partial charge in [0.05, 0.1) is 17.1 Å². The van der Waals surface area contributed by atoms with Crippen molar-refractivity contribution in [1.29, 1.82) is 0 Å². The zero-order chi connectivity index (χ0) is 28.9. The zero-order valence-corrected chi connectivity index (χ0v) is 25.9. The standard InChI is InChI=1S/C29H39ClF2O5SSi/c1-27(2,3)39(4,5)37-18-16-28(15-17-33)13-6-14-29(38(34,35)21-9-7-20(30)8-10-21)24(28)19-36-26-23(32)12-11-22(31)25(26)29/h7-12,24,33H,6,13-19H2,1-5H3/t24-,28-,29-/m0/s1. The van der Waals surface area contributed by atoms with Crippen LogP contribution >= 0.6 is 11.6 Å². The van der Waals surface area contributed by atoms with E-state index in [4.69, 9.17) is 20.8 Å². The van der Waals surface area contributed by atoms with Gasteiger partial charge in [-0.25, -0.2) is 17.2 Å². The molecule has 10 heteroatoms. The second-order valence-corrected chi connectivity index (χ2v) is 19.9. The third-order valence-corrected chi connectivity index (χ3v) is 16.8. The molecule has 216 valence electrons. The van der Waals surface area contributed by atoms with Crippen LogP contribution in [0.2, 0.25) is 23.2 Å². The quantitative estimate of drug-likeness (QED) is 0.323. The van der Waals surface area contributed by atoms with Gasteiger partial charge >= 0.3 is 0 Å². The number of halogens is 3. The summed E-state index contributed by atoms with van der Waals surface area (Å²) < 4.78 is 70.7. The van der Waals surface area contributed by atoms with E-state index in [9.17, 15) is 13.5 Å². The Bertz CT molecular complexity index is 1310. The van der Waals surface area contributed by atoms with E-state index < -0.39 is 45.9 Å². The molecule has 2 aromatic rings. The fraction of sp³-hybridized carbons (Fsp3) is 0.586. The lowest BCUT2D eigenvalue weighted by Gasteiger charge is -2.56. The molecule has 1 aliphatic heterocycles. The lowest BCUT2D eigenvalue weighted by molar-refractivity contribution is -0.0306. The minimum Gasteiger partial charge on any atom is -0.490 e. The molecule has 3 atom stereocenters. The summed E-state index contributed by atoms with van der Waals surface area (Å²) in [4.78, 5) is -0.00858. The van der Waals surface area contributed by atoms with Crippen molar-refractivity contribution in [2.24, 2.45) is 11.3 Å². The van der Waals surface area contributed by atoms with Crippen LogP contribution in [0.5, 0.6) is 5.75 Å². The summed E-state index contributed by atoms with van der Waals surface area (Å²) in [5.74, 6) is -2.69. The number of aliphatic hydroxyl groups is 1. The Morgan fingerprint density at radius 3 is 2.33 bits per heavy atom. The van der Waals surface area contributed by atoms with Crippen LogP contribution < -0.4 is 4.74 Å². The molecular formula is C29H39ClF2O5SSi. The molecule has 0 bridgehead atoms. The van der Waals surface area contributed by atoms with Gasteiger partial charge in [0.15, 0.2) is 29.7 Å². The van der Waals surface area contributed by atoms with Crippen LogP contribution in [0.4, 0.5) is 8.78 Å². The molecule has 4 rings (SSSR count). The maximum Gasteiger partial charge on any atom is 0.191 e. The van der Waals surface area contributed by atoms with Crippen molar-refractivity contribution in [2.75, 3.05) is 19.8 Å². The Morgan fingerprint density at radius 2 is 1.72 bits per heavy atom. The molecule has 2 aliphatic rings. The average Bonchev–Trinajstić information content (AvgIpc) is 2.85. The molecule has 2 aromatic carbocycles. The maximum absolute atomic E-state index is 15.8. The van der Waals surface area contributed by atoms with E-state index in [1.165, 1.54) is 24.3 Å². The van der Waals surface area contributed by atoms with E-state index in [1.54, 1.807) is 0 Å². The van der Waals surface area contributed by atoms with Gasteiger partial charge in [0, 0.05) is 24.2 Å². The number of benzene rings is 2. The molecule has 39 heavy (non-hydrogen) atoms. The molecule has 5 nitrogen and oxygen atoms in total. The highest BCUT2D eigenvalue weighted by Gasteiger charge is 2.64. The predicted octanol–water partition coefficient (Wildman–Crippen LogP) is 7.26. The highest BCUT2D eigenvalue weighted by molar-refractivity contribution is 7.92. The van der Waals surface area contributed by atoms with Crippen molar-refractivity contribution < 1.29 is 31.5 Å². The Balaban J connectivity index is 1.90. The first kappa shape index (κ1) is 30.4. The van der Waals surface area contributed by atoms with Crippen molar-refractivity contribution in [3.05, 3.63) is 58.6 Å². The van der Waals surface area contributed by atoms with Crippen LogP contribution in [0.1, 0.15) is 58.4 Å². The minimum atomic E-state index is -4.28. The van der Waals surface area contributed by atoms with Crippen LogP contribution in [0.25, 0.3) is 0 Å². The van der Waals surface area contributed by atoms with Gasteiger partial charge < -0.3 is 14.3 Å².